The Bertz CT molecular complexity index is 169. The lowest BCUT2D eigenvalue weighted by Gasteiger charge is -2.32. The van der Waals surface area contributed by atoms with E-state index in [9.17, 15) is 0 Å². The van der Waals surface area contributed by atoms with Crippen LogP contribution < -0.4 is 5.73 Å². The van der Waals surface area contributed by atoms with Gasteiger partial charge in [0.15, 0.2) is 0 Å². The number of nitrogens with two attached hydrogens (primary N) is 1. The van der Waals surface area contributed by atoms with E-state index in [2.05, 4.69) is 18.2 Å². The predicted octanol–water partition coefficient (Wildman–Crippen LogP) is 2.58. The van der Waals surface area contributed by atoms with Gasteiger partial charge in [0.25, 0.3) is 0 Å². The molecule has 1 aliphatic rings. The van der Waals surface area contributed by atoms with Crippen molar-refractivity contribution in [3.8, 4) is 0 Å². The van der Waals surface area contributed by atoms with Crippen LogP contribution in [0.5, 0.6) is 0 Å². The molecule has 0 spiro atoms. The third kappa shape index (κ3) is 5.07. The Labute approximate surface area is 105 Å². The molecule has 3 heteroatoms. The molecule has 1 unspecified atom stereocenters. The van der Waals surface area contributed by atoms with Gasteiger partial charge in [-0.15, -0.1) is 0 Å². The first-order chi connectivity index (χ1) is 7.77. The van der Waals surface area contributed by atoms with Gasteiger partial charge >= 0.3 is 0 Å². The largest absolute Gasteiger partial charge is 0.329 e. The molecule has 16 heavy (non-hydrogen) atoms. The zero-order valence-electron chi connectivity index (χ0n) is 11.0. The van der Waals surface area contributed by atoms with Crippen molar-refractivity contribution in [3.05, 3.63) is 0 Å². The predicted molar refractivity (Wildman–Crippen MR) is 75.0 cm³/mol. The molecule has 0 aromatic heterocycles. The zero-order valence-corrected chi connectivity index (χ0v) is 11.8. The molecular formula is C13H28N2S. The minimum atomic E-state index is 0.592. The minimum absolute atomic E-state index is 0.592. The molecule has 1 fully saturated rings. The second-order valence-corrected chi connectivity index (χ2v) is 6.10. The number of likely N-dealkylation sites (N-methyl/N-ethyl adjacent to an activating group) is 1. The summed E-state index contributed by atoms with van der Waals surface area (Å²) in [6.45, 7) is 2.07. The molecule has 0 saturated heterocycles. The van der Waals surface area contributed by atoms with E-state index in [0.29, 0.717) is 6.04 Å². The van der Waals surface area contributed by atoms with Crippen LogP contribution in [-0.4, -0.2) is 43.1 Å². The van der Waals surface area contributed by atoms with Crippen LogP contribution in [0.3, 0.4) is 0 Å². The summed E-state index contributed by atoms with van der Waals surface area (Å²) in [5, 5.41) is 0. The van der Waals surface area contributed by atoms with E-state index < -0.39 is 0 Å². The van der Waals surface area contributed by atoms with Crippen molar-refractivity contribution < 1.29 is 0 Å². The summed E-state index contributed by atoms with van der Waals surface area (Å²) in [7, 11) is 2.26. The third-order valence-electron chi connectivity index (χ3n) is 3.82. The average molecular weight is 244 g/mol. The van der Waals surface area contributed by atoms with Crippen LogP contribution >= 0.6 is 11.8 Å². The Morgan fingerprint density at radius 1 is 1.31 bits per heavy atom. The second-order valence-electron chi connectivity index (χ2n) is 5.11. The van der Waals surface area contributed by atoms with Crippen LogP contribution in [0.1, 0.15) is 38.5 Å². The summed E-state index contributed by atoms with van der Waals surface area (Å²) in [6, 6.07) is 0.592. The van der Waals surface area contributed by atoms with Crippen molar-refractivity contribution in [1.29, 1.82) is 0 Å². The Balaban J connectivity index is 2.26. The smallest absolute Gasteiger partial charge is 0.0223 e. The highest BCUT2D eigenvalue weighted by Crippen LogP contribution is 2.24. The van der Waals surface area contributed by atoms with Crippen LogP contribution in [0.4, 0.5) is 0 Å². The van der Waals surface area contributed by atoms with Crippen molar-refractivity contribution in [2.45, 2.75) is 44.6 Å². The lowest BCUT2D eigenvalue weighted by molar-refractivity contribution is 0.182. The Morgan fingerprint density at radius 3 is 2.56 bits per heavy atom. The molecule has 0 aromatic carbocycles. The van der Waals surface area contributed by atoms with E-state index in [0.717, 1.165) is 12.5 Å². The van der Waals surface area contributed by atoms with E-state index in [1.165, 1.54) is 50.8 Å². The highest BCUT2D eigenvalue weighted by molar-refractivity contribution is 7.98. The summed E-state index contributed by atoms with van der Waals surface area (Å²) in [5.41, 5.74) is 5.87. The fraction of sp³-hybridized carbons (Fsp3) is 1.00. The van der Waals surface area contributed by atoms with Crippen LogP contribution in [0.2, 0.25) is 0 Å². The van der Waals surface area contributed by atoms with E-state index in [-0.39, 0.29) is 0 Å². The molecule has 1 saturated carbocycles. The van der Waals surface area contributed by atoms with Crippen molar-refractivity contribution in [1.82, 2.24) is 4.90 Å². The first kappa shape index (κ1) is 14.3. The van der Waals surface area contributed by atoms with Gasteiger partial charge in [0.05, 0.1) is 0 Å². The van der Waals surface area contributed by atoms with E-state index in [4.69, 9.17) is 5.73 Å². The van der Waals surface area contributed by atoms with Gasteiger partial charge in [0, 0.05) is 19.1 Å². The van der Waals surface area contributed by atoms with Gasteiger partial charge < -0.3 is 10.6 Å². The number of hydrogen-bond donors (Lipinski definition) is 1. The quantitative estimate of drug-likeness (QED) is 0.746. The van der Waals surface area contributed by atoms with Crippen LogP contribution in [0.25, 0.3) is 0 Å². The van der Waals surface area contributed by atoms with Crippen LogP contribution in [-0.2, 0) is 0 Å². The second kappa shape index (κ2) is 8.37. The molecule has 2 N–H and O–H groups in total. The SMILES string of the molecule is CSCCC(CN)N(C)CC1CCCCC1. The molecule has 0 bridgehead atoms. The Morgan fingerprint density at radius 2 is 2.00 bits per heavy atom. The highest BCUT2D eigenvalue weighted by Gasteiger charge is 2.19. The average Bonchev–Trinajstić information content (AvgIpc) is 2.31. The Kier molecular flexibility index (Phi) is 7.50. The standard InChI is InChI=1S/C13H28N2S/c1-15(13(10-14)8-9-16-2)11-12-6-4-3-5-7-12/h12-13H,3-11,14H2,1-2H3. The first-order valence-corrected chi connectivity index (χ1v) is 8.06. The van der Waals surface area contributed by atoms with Gasteiger partial charge in [0.1, 0.15) is 0 Å². The van der Waals surface area contributed by atoms with Crippen molar-refractivity contribution >= 4 is 11.8 Å². The topological polar surface area (TPSA) is 29.3 Å². The monoisotopic (exact) mass is 244 g/mol. The van der Waals surface area contributed by atoms with E-state index in [1.807, 2.05) is 11.8 Å². The van der Waals surface area contributed by atoms with Gasteiger partial charge in [-0.1, -0.05) is 19.3 Å². The summed E-state index contributed by atoms with van der Waals surface area (Å²) in [4.78, 5) is 2.51. The van der Waals surface area contributed by atoms with Gasteiger partial charge in [-0.2, -0.15) is 11.8 Å². The van der Waals surface area contributed by atoms with Crippen molar-refractivity contribution in [2.24, 2.45) is 11.7 Å². The number of thioether (sulfide) groups is 1. The lowest BCUT2D eigenvalue weighted by Crippen LogP contribution is -2.41. The molecule has 96 valence electrons. The minimum Gasteiger partial charge on any atom is -0.329 e. The normalized spacial score (nSPS) is 20.2. The molecule has 0 aliphatic heterocycles. The molecule has 1 atom stereocenters. The van der Waals surface area contributed by atoms with Crippen molar-refractivity contribution in [2.75, 3.05) is 32.1 Å². The first-order valence-electron chi connectivity index (χ1n) is 6.67. The fourth-order valence-corrected chi connectivity index (χ4v) is 3.21. The number of nitrogens with zero attached hydrogens (tertiary/aromatic N) is 1. The zero-order chi connectivity index (χ0) is 11.8. The maximum atomic E-state index is 5.87. The third-order valence-corrected chi connectivity index (χ3v) is 4.47. The molecule has 0 aromatic rings. The Hall–Kier alpha value is 0.270. The molecule has 0 radical (unpaired) electrons. The highest BCUT2D eigenvalue weighted by atomic mass is 32.2. The lowest BCUT2D eigenvalue weighted by atomic mass is 9.88. The number of rotatable bonds is 7. The molecule has 2 nitrogen and oxygen atoms in total. The molecular weight excluding hydrogens is 216 g/mol. The van der Waals surface area contributed by atoms with Gasteiger partial charge in [0.2, 0.25) is 0 Å². The van der Waals surface area contributed by atoms with Gasteiger partial charge in [-0.3, -0.25) is 0 Å². The molecule has 0 heterocycles. The summed E-state index contributed by atoms with van der Waals surface area (Å²) in [6.07, 6.45) is 10.6. The maximum absolute atomic E-state index is 5.87. The van der Waals surface area contributed by atoms with E-state index in [1.54, 1.807) is 0 Å². The summed E-state index contributed by atoms with van der Waals surface area (Å²) in [5.74, 6) is 2.17. The van der Waals surface area contributed by atoms with Gasteiger partial charge in [-0.25, -0.2) is 0 Å². The van der Waals surface area contributed by atoms with E-state index >= 15 is 0 Å². The summed E-state index contributed by atoms with van der Waals surface area (Å²) < 4.78 is 0. The van der Waals surface area contributed by atoms with Gasteiger partial charge in [-0.05, 0) is 44.2 Å². The fourth-order valence-electron chi connectivity index (χ4n) is 2.70. The van der Waals surface area contributed by atoms with Crippen molar-refractivity contribution in [3.63, 3.8) is 0 Å². The van der Waals surface area contributed by atoms with Crippen LogP contribution in [0.15, 0.2) is 0 Å². The molecule has 1 aliphatic carbocycles. The molecule has 1 rings (SSSR count). The maximum Gasteiger partial charge on any atom is 0.0223 e. The summed E-state index contributed by atoms with van der Waals surface area (Å²) >= 11 is 1.93. The van der Waals surface area contributed by atoms with Crippen LogP contribution in [0, 0.1) is 5.92 Å². The molecule has 0 amide bonds. The number of hydrogen-bond acceptors (Lipinski definition) is 3.